The number of likely N-dealkylation sites (N-methyl/N-ethyl adjacent to an activating group) is 1. The summed E-state index contributed by atoms with van der Waals surface area (Å²) in [6, 6.07) is 21.5. The lowest BCUT2D eigenvalue weighted by molar-refractivity contribution is -0.128. The van der Waals surface area contributed by atoms with Gasteiger partial charge in [0.15, 0.2) is 11.0 Å². The average Bonchev–Trinajstić information content (AvgIpc) is 3.38. The fourth-order valence-corrected chi connectivity index (χ4v) is 4.38. The summed E-state index contributed by atoms with van der Waals surface area (Å²) in [5, 5.41) is 9.12. The van der Waals surface area contributed by atoms with E-state index < -0.39 is 5.25 Å². The van der Waals surface area contributed by atoms with E-state index in [9.17, 15) is 4.79 Å². The molecule has 0 aliphatic heterocycles. The van der Waals surface area contributed by atoms with Crippen LogP contribution >= 0.6 is 11.8 Å². The number of amides is 1. The van der Waals surface area contributed by atoms with Crippen molar-refractivity contribution in [2.24, 2.45) is 0 Å². The number of rotatable bonds is 6. The molecule has 0 N–H and O–H groups in total. The minimum Gasteiger partial charge on any atom is -0.469 e. The second-order valence-corrected chi connectivity index (χ2v) is 8.08. The number of para-hydroxylation sites is 1. The van der Waals surface area contributed by atoms with Crippen LogP contribution in [-0.2, 0) is 4.79 Å². The highest BCUT2D eigenvalue weighted by Gasteiger charge is 2.28. The lowest BCUT2D eigenvalue weighted by Gasteiger charge is -2.20. The van der Waals surface area contributed by atoms with E-state index in [1.807, 2.05) is 78.2 Å². The van der Waals surface area contributed by atoms with Gasteiger partial charge in [0.05, 0.1) is 11.8 Å². The Morgan fingerprint density at radius 3 is 2.27 bits per heavy atom. The fraction of sp³-hybridized carbons (Fsp3) is 0.174. The van der Waals surface area contributed by atoms with Gasteiger partial charge in [0.25, 0.3) is 0 Å². The van der Waals surface area contributed by atoms with Gasteiger partial charge in [-0.15, -0.1) is 10.2 Å². The van der Waals surface area contributed by atoms with Crippen LogP contribution in [0.25, 0.3) is 17.1 Å². The predicted octanol–water partition coefficient (Wildman–Crippen LogP) is 4.76. The van der Waals surface area contributed by atoms with E-state index >= 15 is 0 Å². The van der Waals surface area contributed by atoms with Crippen LogP contribution in [0.5, 0.6) is 0 Å². The number of thioether (sulfide) groups is 1. The van der Waals surface area contributed by atoms with Gasteiger partial charge in [0.2, 0.25) is 5.91 Å². The van der Waals surface area contributed by atoms with Gasteiger partial charge >= 0.3 is 0 Å². The molecule has 4 rings (SSSR count). The van der Waals surface area contributed by atoms with Gasteiger partial charge in [-0.3, -0.25) is 9.36 Å². The number of carbonyl (C=O) groups is 1. The van der Waals surface area contributed by atoms with Crippen LogP contribution in [0.1, 0.15) is 16.6 Å². The fourth-order valence-electron chi connectivity index (χ4n) is 3.18. The molecule has 2 aromatic carbocycles. The van der Waals surface area contributed by atoms with Crippen molar-refractivity contribution < 1.29 is 9.21 Å². The molecular formula is C23H22N4O2S. The number of aryl methyl sites for hydroxylation is 1. The molecule has 0 saturated carbocycles. The number of furan rings is 1. The molecule has 0 aliphatic rings. The quantitative estimate of drug-likeness (QED) is 0.423. The average molecular weight is 419 g/mol. The number of carbonyl (C=O) groups excluding carboxylic acids is 1. The van der Waals surface area contributed by atoms with Crippen molar-refractivity contribution >= 4 is 17.7 Å². The molecule has 7 heteroatoms. The Morgan fingerprint density at radius 2 is 1.67 bits per heavy atom. The van der Waals surface area contributed by atoms with Gasteiger partial charge < -0.3 is 9.32 Å². The highest BCUT2D eigenvalue weighted by molar-refractivity contribution is 8.00. The predicted molar refractivity (Wildman–Crippen MR) is 118 cm³/mol. The molecule has 0 aliphatic carbocycles. The van der Waals surface area contributed by atoms with Crippen LogP contribution in [-0.4, -0.2) is 39.7 Å². The Kier molecular flexibility index (Phi) is 5.72. The molecule has 0 spiro atoms. The molecule has 0 bridgehead atoms. The van der Waals surface area contributed by atoms with E-state index in [0.717, 1.165) is 22.6 Å². The second-order valence-electron chi connectivity index (χ2n) is 7.01. The van der Waals surface area contributed by atoms with E-state index in [0.29, 0.717) is 11.0 Å². The number of nitrogens with zero attached hydrogens (tertiary/aromatic N) is 4. The second kappa shape index (κ2) is 8.59. The van der Waals surface area contributed by atoms with Gasteiger partial charge in [-0.25, -0.2) is 0 Å². The Balaban J connectivity index is 1.83. The maximum atomic E-state index is 13.0. The van der Waals surface area contributed by atoms with Crippen molar-refractivity contribution in [1.29, 1.82) is 0 Å². The third-order valence-corrected chi connectivity index (χ3v) is 5.92. The largest absolute Gasteiger partial charge is 0.469 e. The zero-order chi connectivity index (χ0) is 21.1. The van der Waals surface area contributed by atoms with Crippen LogP contribution in [0.2, 0.25) is 0 Å². The van der Waals surface area contributed by atoms with Crippen LogP contribution in [0, 0.1) is 6.92 Å². The van der Waals surface area contributed by atoms with E-state index in [-0.39, 0.29) is 5.91 Å². The Morgan fingerprint density at radius 1 is 1.00 bits per heavy atom. The van der Waals surface area contributed by atoms with Crippen LogP contribution < -0.4 is 0 Å². The lowest BCUT2D eigenvalue weighted by Crippen LogP contribution is -2.27. The number of hydrogen-bond donors (Lipinski definition) is 0. The standard InChI is InChI=1S/C23H22N4O2S/c1-16-19(14-15-29-16)21-24-25-23(27(21)18-12-8-5-9-13-18)30-20(22(28)26(2)3)17-10-6-4-7-11-17/h4-15,20H,1-3H3. The molecule has 6 nitrogen and oxygen atoms in total. The van der Waals surface area contributed by atoms with Crippen LogP contribution in [0.15, 0.2) is 82.6 Å². The van der Waals surface area contributed by atoms with E-state index in [1.54, 1.807) is 25.3 Å². The van der Waals surface area contributed by atoms with Crippen molar-refractivity contribution in [1.82, 2.24) is 19.7 Å². The SMILES string of the molecule is Cc1occc1-c1nnc(SC(C(=O)N(C)C)c2ccccc2)n1-c1ccccc1. The normalized spacial score (nSPS) is 12.0. The van der Waals surface area contributed by atoms with Crippen molar-refractivity contribution in [2.75, 3.05) is 14.1 Å². The summed E-state index contributed by atoms with van der Waals surface area (Å²) >= 11 is 1.39. The molecule has 1 amide bonds. The van der Waals surface area contributed by atoms with Crippen molar-refractivity contribution in [3.8, 4) is 17.1 Å². The first-order chi connectivity index (χ1) is 14.6. The molecule has 0 radical (unpaired) electrons. The first-order valence-corrected chi connectivity index (χ1v) is 10.4. The summed E-state index contributed by atoms with van der Waals surface area (Å²) in [6.45, 7) is 1.90. The molecule has 2 aromatic heterocycles. The number of aromatic nitrogens is 3. The molecule has 30 heavy (non-hydrogen) atoms. The first kappa shape index (κ1) is 20.0. The molecule has 1 unspecified atom stereocenters. The monoisotopic (exact) mass is 418 g/mol. The number of hydrogen-bond acceptors (Lipinski definition) is 5. The smallest absolute Gasteiger partial charge is 0.240 e. The van der Waals surface area contributed by atoms with Gasteiger partial charge in [-0.2, -0.15) is 0 Å². The van der Waals surface area contributed by atoms with Crippen molar-refractivity contribution in [3.63, 3.8) is 0 Å². The van der Waals surface area contributed by atoms with E-state index in [2.05, 4.69) is 10.2 Å². The summed E-state index contributed by atoms with van der Waals surface area (Å²) in [5.74, 6) is 1.44. The third kappa shape index (κ3) is 3.89. The van der Waals surface area contributed by atoms with Crippen LogP contribution in [0.4, 0.5) is 0 Å². The Labute approximate surface area is 179 Å². The molecule has 4 aromatic rings. The molecule has 0 fully saturated rings. The maximum absolute atomic E-state index is 13.0. The summed E-state index contributed by atoms with van der Waals surface area (Å²) in [6.07, 6.45) is 1.64. The van der Waals surface area contributed by atoms with Crippen molar-refractivity contribution in [2.45, 2.75) is 17.3 Å². The summed E-state index contributed by atoms with van der Waals surface area (Å²) in [5.41, 5.74) is 2.71. The minimum absolute atomic E-state index is 0.00477. The minimum atomic E-state index is -0.439. The molecule has 1 atom stereocenters. The van der Waals surface area contributed by atoms with Gasteiger partial charge in [-0.05, 0) is 30.7 Å². The van der Waals surface area contributed by atoms with Crippen LogP contribution in [0.3, 0.4) is 0 Å². The van der Waals surface area contributed by atoms with E-state index in [4.69, 9.17) is 4.42 Å². The third-order valence-electron chi connectivity index (χ3n) is 4.74. The summed E-state index contributed by atoms with van der Waals surface area (Å²) in [7, 11) is 3.53. The summed E-state index contributed by atoms with van der Waals surface area (Å²) < 4.78 is 7.46. The van der Waals surface area contributed by atoms with Gasteiger partial charge in [0, 0.05) is 19.8 Å². The van der Waals surface area contributed by atoms with E-state index in [1.165, 1.54) is 11.8 Å². The molecule has 0 saturated heterocycles. The highest BCUT2D eigenvalue weighted by Crippen LogP contribution is 2.38. The highest BCUT2D eigenvalue weighted by atomic mass is 32.2. The zero-order valence-corrected chi connectivity index (χ0v) is 17.8. The topological polar surface area (TPSA) is 64.2 Å². The van der Waals surface area contributed by atoms with Gasteiger partial charge in [0.1, 0.15) is 11.0 Å². The summed E-state index contributed by atoms with van der Waals surface area (Å²) in [4.78, 5) is 14.6. The number of benzene rings is 2. The molecular weight excluding hydrogens is 396 g/mol. The zero-order valence-electron chi connectivity index (χ0n) is 17.0. The molecule has 152 valence electrons. The first-order valence-electron chi connectivity index (χ1n) is 9.54. The Hall–Kier alpha value is -3.32. The molecule has 2 heterocycles. The van der Waals surface area contributed by atoms with Gasteiger partial charge in [-0.1, -0.05) is 60.3 Å². The lowest BCUT2D eigenvalue weighted by atomic mass is 10.1. The van der Waals surface area contributed by atoms with Crippen molar-refractivity contribution in [3.05, 3.63) is 84.3 Å². The maximum Gasteiger partial charge on any atom is 0.240 e. The Bertz CT molecular complexity index is 1140.